The molecule has 1 heterocycles. The summed E-state index contributed by atoms with van der Waals surface area (Å²) in [4.78, 5) is 2.28. The Hall–Kier alpha value is -1.02. The zero-order chi connectivity index (χ0) is 13.7. The molecule has 1 saturated heterocycles. The SMILES string of the molecule is CN(Cc1cc(F)cc(C#CCO)c1)C1CCSC1. The highest BCUT2D eigenvalue weighted by Crippen LogP contribution is 2.23. The standard InChI is InChI=1S/C15H18FNOS/c1-17(15-4-6-19-11-15)10-13-7-12(3-2-5-18)8-14(16)9-13/h7-9,15,18H,4-6,10-11H2,1H3. The van der Waals surface area contributed by atoms with E-state index in [4.69, 9.17) is 5.11 Å². The molecule has 0 spiro atoms. The number of nitrogens with zero attached hydrogens (tertiary/aromatic N) is 1. The highest BCUT2D eigenvalue weighted by Gasteiger charge is 2.20. The lowest BCUT2D eigenvalue weighted by Crippen LogP contribution is -2.30. The van der Waals surface area contributed by atoms with Crippen LogP contribution in [0.4, 0.5) is 4.39 Å². The Labute approximate surface area is 118 Å². The number of rotatable bonds is 3. The van der Waals surface area contributed by atoms with E-state index in [1.807, 2.05) is 17.8 Å². The van der Waals surface area contributed by atoms with Gasteiger partial charge < -0.3 is 5.11 Å². The van der Waals surface area contributed by atoms with Crippen molar-refractivity contribution in [3.63, 3.8) is 0 Å². The van der Waals surface area contributed by atoms with Gasteiger partial charge in [0.05, 0.1) is 0 Å². The van der Waals surface area contributed by atoms with E-state index in [1.165, 1.54) is 18.2 Å². The van der Waals surface area contributed by atoms with Gasteiger partial charge >= 0.3 is 0 Å². The molecule has 1 fully saturated rings. The van der Waals surface area contributed by atoms with E-state index < -0.39 is 0 Å². The Morgan fingerprint density at radius 3 is 3.00 bits per heavy atom. The van der Waals surface area contributed by atoms with Crippen LogP contribution >= 0.6 is 11.8 Å². The van der Waals surface area contributed by atoms with Gasteiger partial charge in [0, 0.05) is 23.9 Å². The van der Waals surface area contributed by atoms with Crippen molar-refractivity contribution >= 4 is 11.8 Å². The van der Waals surface area contributed by atoms with Crippen molar-refractivity contribution in [2.75, 3.05) is 25.2 Å². The molecule has 4 heteroatoms. The van der Waals surface area contributed by atoms with Gasteiger partial charge in [-0.3, -0.25) is 4.90 Å². The van der Waals surface area contributed by atoms with E-state index in [-0.39, 0.29) is 12.4 Å². The average Bonchev–Trinajstić information content (AvgIpc) is 2.89. The Morgan fingerprint density at radius 1 is 1.47 bits per heavy atom. The molecule has 102 valence electrons. The summed E-state index contributed by atoms with van der Waals surface area (Å²) < 4.78 is 13.5. The second-order valence-corrected chi connectivity index (χ2v) is 5.89. The van der Waals surface area contributed by atoms with Gasteiger partial charge in [-0.25, -0.2) is 4.39 Å². The van der Waals surface area contributed by atoms with Crippen LogP contribution in [0.15, 0.2) is 18.2 Å². The highest BCUT2D eigenvalue weighted by molar-refractivity contribution is 7.99. The summed E-state index contributed by atoms with van der Waals surface area (Å²) in [7, 11) is 2.08. The zero-order valence-corrected chi connectivity index (χ0v) is 11.8. The summed E-state index contributed by atoms with van der Waals surface area (Å²) in [5.74, 6) is 7.40. The van der Waals surface area contributed by atoms with Crippen LogP contribution in [-0.2, 0) is 6.54 Å². The van der Waals surface area contributed by atoms with Crippen molar-refractivity contribution in [3.8, 4) is 11.8 Å². The number of hydrogen-bond donors (Lipinski definition) is 1. The highest BCUT2D eigenvalue weighted by atomic mass is 32.2. The average molecular weight is 279 g/mol. The quantitative estimate of drug-likeness (QED) is 0.857. The minimum atomic E-state index is -0.270. The smallest absolute Gasteiger partial charge is 0.124 e. The topological polar surface area (TPSA) is 23.5 Å². The maximum Gasteiger partial charge on any atom is 0.124 e. The van der Waals surface area contributed by atoms with Crippen LogP contribution in [0.5, 0.6) is 0 Å². The lowest BCUT2D eigenvalue weighted by Gasteiger charge is -2.23. The molecule has 19 heavy (non-hydrogen) atoms. The third-order valence-electron chi connectivity index (χ3n) is 3.23. The number of aliphatic hydroxyl groups is 1. The summed E-state index contributed by atoms with van der Waals surface area (Å²) in [5, 5.41) is 8.68. The third-order valence-corrected chi connectivity index (χ3v) is 4.38. The van der Waals surface area contributed by atoms with Crippen LogP contribution in [0.1, 0.15) is 17.5 Å². The van der Waals surface area contributed by atoms with E-state index in [2.05, 4.69) is 23.8 Å². The van der Waals surface area contributed by atoms with Crippen molar-refractivity contribution in [1.82, 2.24) is 4.90 Å². The maximum atomic E-state index is 13.5. The van der Waals surface area contributed by atoms with E-state index in [0.717, 1.165) is 17.9 Å². The number of thioether (sulfide) groups is 1. The molecule has 0 aliphatic carbocycles. The van der Waals surface area contributed by atoms with Crippen LogP contribution in [0.25, 0.3) is 0 Å². The van der Waals surface area contributed by atoms with Gasteiger partial charge in [-0.1, -0.05) is 11.8 Å². The summed E-state index contributed by atoms with van der Waals surface area (Å²) >= 11 is 1.97. The molecule has 1 aliphatic heterocycles. The molecule has 1 unspecified atom stereocenters. The summed E-state index contributed by atoms with van der Waals surface area (Å²) in [6, 6.07) is 5.44. The first-order chi connectivity index (χ1) is 9.19. The van der Waals surface area contributed by atoms with Gasteiger partial charge in [0.2, 0.25) is 0 Å². The largest absolute Gasteiger partial charge is 0.384 e. The number of benzene rings is 1. The van der Waals surface area contributed by atoms with Gasteiger partial charge in [-0.05, 0) is 43.0 Å². The lowest BCUT2D eigenvalue weighted by molar-refractivity contribution is 0.254. The first-order valence-corrected chi connectivity index (χ1v) is 7.51. The molecule has 1 aliphatic rings. The van der Waals surface area contributed by atoms with Crippen molar-refractivity contribution in [2.24, 2.45) is 0 Å². The molecule has 1 aromatic rings. The summed E-state index contributed by atoms with van der Waals surface area (Å²) in [6.07, 6.45) is 1.20. The predicted molar refractivity (Wildman–Crippen MR) is 77.6 cm³/mol. The Morgan fingerprint density at radius 2 is 2.32 bits per heavy atom. The molecular weight excluding hydrogens is 261 g/mol. The second kappa shape index (κ2) is 6.95. The fraction of sp³-hybridized carbons (Fsp3) is 0.467. The van der Waals surface area contributed by atoms with E-state index in [0.29, 0.717) is 11.6 Å². The van der Waals surface area contributed by atoms with E-state index >= 15 is 0 Å². The van der Waals surface area contributed by atoms with Crippen LogP contribution in [0, 0.1) is 17.7 Å². The molecule has 2 rings (SSSR count). The summed E-state index contributed by atoms with van der Waals surface area (Å²) in [5.41, 5.74) is 1.56. The summed E-state index contributed by atoms with van der Waals surface area (Å²) in [6.45, 7) is 0.530. The van der Waals surface area contributed by atoms with E-state index in [1.54, 1.807) is 6.07 Å². The van der Waals surface area contributed by atoms with Crippen molar-refractivity contribution in [3.05, 3.63) is 35.1 Å². The Bertz CT molecular complexity index is 489. The van der Waals surface area contributed by atoms with Gasteiger partial charge in [0.25, 0.3) is 0 Å². The van der Waals surface area contributed by atoms with Gasteiger partial charge in [-0.15, -0.1) is 0 Å². The molecule has 0 amide bonds. The second-order valence-electron chi connectivity index (χ2n) is 4.74. The normalized spacial score (nSPS) is 18.4. The fourth-order valence-electron chi connectivity index (χ4n) is 2.24. The maximum absolute atomic E-state index is 13.5. The molecule has 0 aromatic heterocycles. The Balaban J connectivity index is 2.08. The first-order valence-electron chi connectivity index (χ1n) is 6.36. The minimum absolute atomic E-state index is 0.203. The number of aliphatic hydroxyl groups excluding tert-OH is 1. The monoisotopic (exact) mass is 279 g/mol. The van der Waals surface area contributed by atoms with Crippen molar-refractivity contribution < 1.29 is 9.50 Å². The van der Waals surface area contributed by atoms with Crippen LogP contribution in [0.3, 0.4) is 0 Å². The molecule has 0 bridgehead atoms. The van der Waals surface area contributed by atoms with Gasteiger partial charge in [0.15, 0.2) is 0 Å². The molecule has 0 radical (unpaired) electrons. The molecule has 1 atom stereocenters. The molecular formula is C15H18FNOS. The van der Waals surface area contributed by atoms with Gasteiger partial charge in [-0.2, -0.15) is 11.8 Å². The van der Waals surface area contributed by atoms with E-state index in [9.17, 15) is 4.39 Å². The zero-order valence-electron chi connectivity index (χ0n) is 11.0. The molecule has 1 aromatic carbocycles. The fourth-order valence-corrected chi connectivity index (χ4v) is 3.54. The number of halogens is 1. The molecule has 1 N–H and O–H groups in total. The Kier molecular flexibility index (Phi) is 5.26. The van der Waals surface area contributed by atoms with Crippen LogP contribution in [-0.4, -0.2) is 41.2 Å². The molecule has 2 nitrogen and oxygen atoms in total. The van der Waals surface area contributed by atoms with Crippen LogP contribution < -0.4 is 0 Å². The minimum Gasteiger partial charge on any atom is -0.384 e. The molecule has 0 saturated carbocycles. The number of hydrogen-bond acceptors (Lipinski definition) is 3. The van der Waals surface area contributed by atoms with Crippen LogP contribution in [0.2, 0.25) is 0 Å². The van der Waals surface area contributed by atoms with Gasteiger partial charge in [0.1, 0.15) is 12.4 Å². The predicted octanol–water partition coefficient (Wildman–Crippen LogP) is 2.11. The lowest BCUT2D eigenvalue weighted by atomic mass is 10.1. The third kappa shape index (κ3) is 4.24. The first kappa shape index (κ1) is 14.4. The van der Waals surface area contributed by atoms with Crippen molar-refractivity contribution in [2.45, 2.75) is 19.0 Å². The van der Waals surface area contributed by atoms with Crippen molar-refractivity contribution in [1.29, 1.82) is 0 Å².